The third-order valence-electron chi connectivity index (χ3n) is 11.0. The lowest BCUT2D eigenvalue weighted by molar-refractivity contribution is -0.533. The van der Waals surface area contributed by atoms with Gasteiger partial charge in [-0.15, -0.1) is 0 Å². The minimum absolute atomic E-state index is 1.21. The van der Waals surface area contributed by atoms with Crippen LogP contribution in [0.2, 0.25) is 0 Å². The van der Waals surface area contributed by atoms with Crippen LogP contribution in [0.1, 0.15) is 0 Å². The molecule has 0 amide bonds. The molecule has 46 heavy (non-hydrogen) atoms. The van der Waals surface area contributed by atoms with E-state index >= 15 is 0 Å². The van der Waals surface area contributed by atoms with Crippen molar-refractivity contribution < 1.29 is 4.48 Å². The molecule has 6 aromatic carbocycles. The van der Waals surface area contributed by atoms with Crippen LogP contribution in [-0.2, 0) is 0 Å². The summed E-state index contributed by atoms with van der Waals surface area (Å²) in [5.41, 5.74) is 9.87. The highest BCUT2D eigenvalue weighted by Crippen LogP contribution is 2.49. The monoisotopic (exact) mass is 585 g/mol. The van der Waals surface area contributed by atoms with Gasteiger partial charge in [0.15, 0.2) is 11.4 Å². The van der Waals surface area contributed by atoms with Gasteiger partial charge in [0.2, 0.25) is 0 Å². The van der Waals surface area contributed by atoms with Gasteiger partial charge in [-0.3, -0.25) is 0 Å². The van der Waals surface area contributed by atoms with Crippen LogP contribution in [0.15, 0.2) is 146 Å². The van der Waals surface area contributed by atoms with Gasteiger partial charge in [-0.25, -0.2) is 4.98 Å². The van der Waals surface area contributed by atoms with E-state index in [4.69, 9.17) is 4.98 Å². The van der Waals surface area contributed by atoms with Gasteiger partial charge in [0.05, 0.1) is 17.5 Å². The fraction of sp³-hybridized carbons (Fsp3) is 0. The number of fused-ring (bicyclic) bond motifs is 14. The molecule has 0 unspecified atom stereocenters. The SMILES string of the molecule is c1cc2[n+]3c(c1)-c1cccc4c5c6ccccc6ccc5n(c14)[B-]3(n1ccnc1)n1c3ccc4ccccc4c3c3cccc-2c31. The number of benzene rings is 6. The Morgan fingerprint density at radius 1 is 0.500 bits per heavy atom. The van der Waals surface area contributed by atoms with Crippen LogP contribution >= 0.6 is 0 Å². The summed E-state index contributed by atoms with van der Waals surface area (Å²) < 4.78 is 10.3. The van der Waals surface area contributed by atoms with E-state index in [0.29, 0.717) is 0 Å². The first-order valence-electron chi connectivity index (χ1n) is 15.9. The molecule has 5 nitrogen and oxygen atoms in total. The molecule has 0 saturated heterocycles. The fourth-order valence-corrected chi connectivity index (χ4v) is 9.43. The third kappa shape index (κ3) is 2.39. The van der Waals surface area contributed by atoms with Crippen molar-refractivity contribution in [1.82, 2.24) is 18.4 Å². The number of rotatable bonds is 1. The Morgan fingerprint density at radius 2 is 1.02 bits per heavy atom. The number of hydrogen-bond donors (Lipinski definition) is 0. The summed E-state index contributed by atoms with van der Waals surface area (Å²) in [6.07, 6.45) is 6.11. The Balaban J connectivity index is 1.45. The van der Waals surface area contributed by atoms with Crippen LogP contribution in [0.3, 0.4) is 0 Å². The zero-order valence-electron chi connectivity index (χ0n) is 24.7. The van der Waals surface area contributed by atoms with E-state index in [1.54, 1.807) is 0 Å². The molecule has 0 aliphatic carbocycles. The van der Waals surface area contributed by atoms with Crippen LogP contribution in [0.25, 0.3) is 87.7 Å². The molecule has 0 bridgehead atoms. The van der Waals surface area contributed by atoms with Crippen LogP contribution in [-0.4, -0.2) is 25.1 Å². The maximum absolute atomic E-state index is 4.72. The summed E-state index contributed by atoms with van der Waals surface area (Å²) in [6.45, 7) is -1.95. The quantitative estimate of drug-likeness (QED) is 0.178. The fourth-order valence-electron chi connectivity index (χ4n) is 9.43. The van der Waals surface area contributed by atoms with Crippen molar-refractivity contribution in [2.45, 2.75) is 0 Å². The Labute approximate surface area is 262 Å². The summed E-state index contributed by atoms with van der Waals surface area (Å²) >= 11 is 0. The highest BCUT2D eigenvalue weighted by atomic mass is 15.4. The van der Waals surface area contributed by atoms with Crippen molar-refractivity contribution in [2.24, 2.45) is 0 Å². The number of pyridine rings is 1. The van der Waals surface area contributed by atoms with Gasteiger partial charge in [0, 0.05) is 61.9 Å². The molecular weight excluding hydrogens is 561 g/mol. The maximum Gasteiger partial charge on any atom is 0.599 e. The van der Waals surface area contributed by atoms with E-state index in [2.05, 4.69) is 152 Å². The van der Waals surface area contributed by atoms with Crippen molar-refractivity contribution in [3.05, 3.63) is 146 Å². The number of para-hydroxylation sites is 2. The number of aromatic nitrogens is 5. The lowest BCUT2D eigenvalue weighted by Crippen LogP contribution is -2.81. The van der Waals surface area contributed by atoms with Crippen molar-refractivity contribution in [1.29, 1.82) is 0 Å². The van der Waals surface area contributed by atoms with E-state index in [9.17, 15) is 0 Å². The molecule has 0 radical (unpaired) electrons. The van der Waals surface area contributed by atoms with Crippen molar-refractivity contribution in [3.63, 3.8) is 0 Å². The van der Waals surface area contributed by atoms with E-state index in [1.165, 1.54) is 87.7 Å². The molecule has 6 heteroatoms. The van der Waals surface area contributed by atoms with Crippen LogP contribution in [0.5, 0.6) is 0 Å². The van der Waals surface area contributed by atoms with E-state index in [0.717, 1.165) is 0 Å². The molecule has 6 heterocycles. The summed E-state index contributed by atoms with van der Waals surface area (Å²) in [5, 5.41) is 10.2. The predicted molar refractivity (Wildman–Crippen MR) is 188 cm³/mol. The second kappa shape index (κ2) is 7.74. The maximum atomic E-state index is 4.72. The van der Waals surface area contributed by atoms with Gasteiger partial charge >= 0.3 is 6.69 Å². The van der Waals surface area contributed by atoms with Gasteiger partial charge in [-0.1, -0.05) is 84.9 Å². The largest absolute Gasteiger partial charge is 0.599 e. The first-order chi connectivity index (χ1) is 22.9. The van der Waals surface area contributed by atoms with Crippen LogP contribution in [0.4, 0.5) is 0 Å². The third-order valence-corrected chi connectivity index (χ3v) is 11.0. The molecule has 10 aromatic rings. The zero-order valence-corrected chi connectivity index (χ0v) is 24.7. The van der Waals surface area contributed by atoms with Gasteiger partial charge < -0.3 is 17.9 Å². The predicted octanol–water partition coefficient (Wildman–Crippen LogP) is 8.58. The summed E-state index contributed by atoms with van der Waals surface area (Å²) in [7, 11) is 0. The minimum atomic E-state index is -1.95. The van der Waals surface area contributed by atoms with Crippen molar-refractivity contribution in [3.8, 4) is 22.5 Å². The summed E-state index contributed by atoms with van der Waals surface area (Å²) in [5.74, 6) is 0. The van der Waals surface area contributed by atoms with Crippen LogP contribution in [0, 0.1) is 0 Å². The second-order valence-corrected chi connectivity index (χ2v) is 12.9. The van der Waals surface area contributed by atoms with Gasteiger partial charge in [-0.05, 0) is 58.1 Å². The minimum Gasteiger partial charge on any atom is -0.411 e. The number of hydrogen-bond acceptors (Lipinski definition) is 1. The lowest BCUT2D eigenvalue weighted by atomic mass is 9.65. The Bertz CT molecular complexity index is 2800. The van der Waals surface area contributed by atoms with Crippen molar-refractivity contribution in [2.75, 3.05) is 0 Å². The number of imidazole rings is 1. The smallest absolute Gasteiger partial charge is 0.411 e. The molecule has 212 valence electrons. The van der Waals surface area contributed by atoms with E-state index in [-0.39, 0.29) is 0 Å². The van der Waals surface area contributed by atoms with Gasteiger partial charge in [0.1, 0.15) is 0 Å². The zero-order chi connectivity index (χ0) is 29.7. The molecular formula is C40H24BN5. The van der Waals surface area contributed by atoms with Crippen LogP contribution < -0.4 is 4.48 Å². The topological polar surface area (TPSA) is 31.6 Å². The summed E-state index contributed by atoms with van der Waals surface area (Å²) in [4.78, 5) is 4.72. The molecule has 2 aliphatic heterocycles. The summed E-state index contributed by atoms with van der Waals surface area (Å²) in [6, 6.07) is 47.4. The van der Waals surface area contributed by atoms with Crippen molar-refractivity contribution >= 4 is 71.8 Å². The van der Waals surface area contributed by atoms with Gasteiger partial charge in [-0.2, -0.15) is 0 Å². The molecule has 2 aliphatic rings. The molecule has 4 aromatic heterocycles. The Kier molecular flexibility index (Phi) is 3.91. The average molecular weight is 585 g/mol. The Morgan fingerprint density at radius 3 is 1.57 bits per heavy atom. The second-order valence-electron chi connectivity index (χ2n) is 12.9. The molecule has 0 saturated carbocycles. The number of nitrogens with zero attached hydrogens (tertiary/aromatic N) is 5. The first-order valence-corrected chi connectivity index (χ1v) is 15.9. The molecule has 0 atom stereocenters. The van der Waals surface area contributed by atoms with E-state index in [1.807, 2.05) is 12.5 Å². The average Bonchev–Trinajstić information content (AvgIpc) is 3.86. The van der Waals surface area contributed by atoms with E-state index < -0.39 is 6.69 Å². The molecule has 12 rings (SSSR count). The molecule has 0 fully saturated rings. The highest BCUT2D eigenvalue weighted by Gasteiger charge is 2.56. The highest BCUT2D eigenvalue weighted by molar-refractivity contribution is 6.73. The first kappa shape index (κ1) is 23.3. The normalized spacial score (nSPS) is 14.3. The molecule has 0 spiro atoms. The standard InChI is InChI=1S/C40H24BN5/c1-3-10-27-25(8-1)18-20-35-37(27)31-14-5-12-29-33-16-7-17-34-30-13-6-15-32-38-28-11-4-2-9-26(28)19-21-36(38)46(40(30)32)41(44(33)34,45(35)39(29)31)43-23-22-42-24-43/h1-24H. The molecule has 0 N–H and O–H groups in total. The van der Waals surface area contributed by atoms with Gasteiger partial charge in [0.25, 0.3) is 0 Å². The lowest BCUT2D eigenvalue weighted by Gasteiger charge is -2.46. The Hall–Kier alpha value is -6.14.